The van der Waals surface area contributed by atoms with E-state index < -0.39 is 0 Å². The van der Waals surface area contributed by atoms with Gasteiger partial charge >= 0.3 is 0 Å². The molecule has 3 rings (SSSR count). The zero-order valence-corrected chi connectivity index (χ0v) is 11.2. The van der Waals surface area contributed by atoms with Crippen molar-refractivity contribution in [2.45, 2.75) is 18.6 Å². The summed E-state index contributed by atoms with van der Waals surface area (Å²) < 4.78 is 12.9. The largest absolute Gasteiger partial charge is 0.454 e. The Morgan fingerprint density at radius 2 is 2.17 bits per heavy atom. The van der Waals surface area contributed by atoms with Gasteiger partial charge in [0.2, 0.25) is 6.79 Å². The molecule has 18 heavy (non-hydrogen) atoms. The molecule has 2 heterocycles. The summed E-state index contributed by atoms with van der Waals surface area (Å²) in [5.74, 6) is 1.65. The van der Waals surface area contributed by atoms with E-state index in [1.165, 1.54) is 5.56 Å². The Labute approximate surface area is 110 Å². The monoisotopic (exact) mass is 262 g/mol. The summed E-state index contributed by atoms with van der Waals surface area (Å²) in [7, 11) is 0. The Balaban J connectivity index is 1.90. The van der Waals surface area contributed by atoms with E-state index in [4.69, 9.17) is 9.47 Å². The van der Waals surface area contributed by atoms with Gasteiger partial charge in [0.05, 0.1) is 0 Å². The average Bonchev–Trinajstić information content (AvgIpc) is 2.97. The maximum Gasteiger partial charge on any atom is 0.231 e. The lowest BCUT2D eigenvalue weighted by molar-refractivity contribution is 0.174. The summed E-state index contributed by atoms with van der Waals surface area (Å²) in [4.78, 5) is 4.37. The van der Waals surface area contributed by atoms with E-state index in [1.807, 2.05) is 24.6 Å². The van der Waals surface area contributed by atoms with Crippen LogP contribution in [0, 0.1) is 6.92 Å². The normalized spacial score (nSPS) is 13.0. The predicted molar refractivity (Wildman–Crippen MR) is 70.4 cm³/mol. The Hall–Kier alpha value is -1.62. The topological polar surface area (TPSA) is 36.3 Å². The van der Waals surface area contributed by atoms with Crippen LogP contribution in [0.5, 0.6) is 11.5 Å². The highest BCUT2D eigenvalue weighted by Crippen LogP contribution is 2.33. The minimum atomic E-state index is 0.318. The standard InChI is InChI=1S/C13H14N2O2S/c1-9-6-14-13(18-2)15(9)7-10-3-4-11-12(5-10)17-8-16-11/h3-6H,7-8H2,1-2H3. The number of thioether (sulfide) groups is 1. The van der Waals surface area contributed by atoms with E-state index in [0.717, 1.165) is 28.9 Å². The van der Waals surface area contributed by atoms with Crippen LogP contribution in [0.4, 0.5) is 0 Å². The van der Waals surface area contributed by atoms with E-state index in [-0.39, 0.29) is 0 Å². The van der Waals surface area contributed by atoms with Crippen molar-refractivity contribution in [2.75, 3.05) is 13.0 Å². The van der Waals surface area contributed by atoms with Gasteiger partial charge in [-0.1, -0.05) is 17.8 Å². The minimum Gasteiger partial charge on any atom is -0.454 e. The molecule has 2 aromatic rings. The van der Waals surface area contributed by atoms with E-state index in [2.05, 4.69) is 22.5 Å². The first kappa shape index (κ1) is 11.5. The number of hydrogen-bond donors (Lipinski definition) is 0. The fourth-order valence-corrected chi connectivity index (χ4v) is 2.60. The first-order valence-electron chi connectivity index (χ1n) is 5.72. The fourth-order valence-electron chi connectivity index (χ4n) is 2.02. The zero-order valence-electron chi connectivity index (χ0n) is 10.3. The van der Waals surface area contributed by atoms with Gasteiger partial charge in [-0.25, -0.2) is 4.98 Å². The number of fused-ring (bicyclic) bond motifs is 1. The molecule has 0 saturated heterocycles. The van der Waals surface area contributed by atoms with Gasteiger partial charge < -0.3 is 14.0 Å². The van der Waals surface area contributed by atoms with Gasteiger partial charge in [-0.05, 0) is 30.9 Å². The van der Waals surface area contributed by atoms with Crippen molar-refractivity contribution in [3.63, 3.8) is 0 Å². The highest BCUT2D eigenvalue weighted by molar-refractivity contribution is 7.98. The Morgan fingerprint density at radius 3 is 3.00 bits per heavy atom. The van der Waals surface area contributed by atoms with Crippen LogP contribution in [0.15, 0.2) is 29.6 Å². The number of aromatic nitrogens is 2. The van der Waals surface area contributed by atoms with E-state index >= 15 is 0 Å². The molecule has 0 bridgehead atoms. The molecule has 94 valence electrons. The first-order chi connectivity index (χ1) is 8.78. The SMILES string of the molecule is CSc1ncc(C)n1Cc1ccc2c(c1)OCO2. The Bertz CT molecular complexity index is 580. The molecular formula is C13H14N2O2S. The van der Waals surface area contributed by atoms with Crippen LogP contribution in [0.2, 0.25) is 0 Å². The quantitative estimate of drug-likeness (QED) is 0.797. The van der Waals surface area contributed by atoms with Crippen molar-refractivity contribution in [3.8, 4) is 11.5 Å². The number of ether oxygens (including phenoxy) is 2. The van der Waals surface area contributed by atoms with Crippen molar-refractivity contribution < 1.29 is 9.47 Å². The number of nitrogens with zero attached hydrogens (tertiary/aromatic N) is 2. The fraction of sp³-hybridized carbons (Fsp3) is 0.308. The van der Waals surface area contributed by atoms with Gasteiger partial charge in [0, 0.05) is 18.4 Å². The smallest absolute Gasteiger partial charge is 0.231 e. The van der Waals surface area contributed by atoms with Crippen LogP contribution in [-0.4, -0.2) is 22.6 Å². The average molecular weight is 262 g/mol. The lowest BCUT2D eigenvalue weighted by Crippen LogP contribution is -2.03. The van der Waals surface area contributed by atoms with Crippen LogP contribution < -0.4 is 9.47 Å². The van der Waals surface area contributed by atoms with Crippen molar-refractivity contribution in [1.82, 2.24) is 9.55 Å². The lowest BCUT2D eigenvalue weighted by Gasteiger charge is -2.09. The van der Waals surface area contributed by atoms with Gasteiger partial charge in [-0.2, -0.15) is 0 Å². The summed E-state index contributed by atoms with van der Waals surface area (Å²) in [5.41, 5.74) is 2.35. The van der Waals surface area contributed by atoms with Crippen LogP contribution in [0.25, 0.3) is 0 Å². The number of imidazole rings is 1. The Kier molecular flexibility index (Phi) is 2.91. The second-order valence-electron chi connectivity index (χ2n) is 4.16. The molecule has 0 N–H and O–H groups in total. The molecule has 0 unspecified atom stereocenters. The maximum absolute atomic E-state index is 5.39. The molecule has 0 fully saturated rings. The molecule has 0 saturated carbocycles. The predicted octanol–water partition coefficient (Wildman–Crippen LogP) is 2.69. The molecule has 0 radical (unpaired) electrons. The third kappa shape index (κ3) is 1.95. The maximum atomic E-state index is 5.39. The molecule has 0 spiro atoms. The van der Waals surface area contributed by atoms with Gasteiger partial charge in [-0.15, -0.1) is 0 Å². The van der Waals surface area contributed by atoms with Crippen molar-refractivity contribution >= 4 is 11.8 Å². The number of aryl methyl sites for hydroxylation is 1. The number of benzene rings is 1. The minimum absolute atomic E-state index is 0.318. The molecule has 5 heteroatoms. The second-order valence-corrected chi connectivity index (χ2v) is 4.93. The zero-order chi connectivity index (χ0) is 12.5. The summed E-state index contributed by atoms with van der Waals surface area (Å²) in [6.07, 6.45) is 3.94. The summed E-state index contributed by atoms with van der Waals surface area (Å²) in [6, 6.07) is 6.06. The van der Waals surface area contributed by atoms with Crippen molar-refractivity contribution in [3.05, 3.63) is 35.7 Å². The van der Waals surface area contributed by atoms with Crippen LogP contribution in [0.3, 0.4) is 0 Å². The van der Waals surface area contributed by atoms with Crippen LogP contribution >= 0.6 is 11.8 Å². The van der Waals surface area contributed by atoms with E-state index in [1.54, 1.807) is 11.8 Å². The van der Waals surface area contributed by atoms with Gasteiger partial charge in [0.25, 0.3) is 0 Å². The molecular weight excluding hydrogens is 248 g/mol. The summed E-state index contributed by atoms with van der Waals surface area (Å²) in [6.45, 7) is 3.19. The highest BCUT2D eigenvalue weighted by Gasteiger charge is 2.14. The molecule has 0 aliphatic carbocycles. The molecule has 4 nitrogen and oxygen atoms in total. The second kappa shape index (κ2) is 4.57. The molecule has 1 aliphatic heterocycles. The summed E-state index contributed by atoms with van der Waals surface area (Å²) >= 11 is 1.66. The number of rotatable bonds is 3. The molecule has 0 amide bonds. The van der Waals surface area contributed by atoms with Crippen LogP contribution in [0.1, 0.15) is 11.3 Å². The molecule has 1 aromatic carbocycles. The van der Waals surface area contributed by atoms with Crippen molar-refractivity contribution in [2.24, 2.45) is 0 Å². The van der Waals surface area contributed by atoms with E-state index in [9.17, 15) is 0 Å². The lowest BCUT2D eigenvalue weighted by atomic mass is 10.2. The van der Waals surface area contributed by atoms with Crippen LogP contribution in [-0.2, 0) is 6.54 Å². The Morgan fingerprint density at radius 1 is 1.33 bits per heavy atom. The van der Waals surface area contributed by atoms with Gasteiger partial charge in [0.15, 0.2) is 16.7 Å². The number of hydrogen-bond acceptors (Lipinski definition) is 4. The van der Waals surface area contributed by atoms with Crippen molar-refractivity contribution in [1.29, 1.82) is 0 Å². The molecule has 1 aliphatic rings. The van der Waals surface area contributed by atoms with Gasteiger partial charge in [-0.3, -0.25) is 0 Å². The third-order valence-electron chi connectivity index (χ3n) is 2.98. The molecule has 1 aromatic heterocycles. The van der Waals surface area contributed by atoms with E-state index in [0.29, 0.717) is 6.79 Å². The first-order valence-corrected chi connectivity index (χ1v) is 6.95. The summed E-state index contributed by atoms with van der Waals surface area (Å²) in [5, 5.41) is 1.03. The molecule has 0 atom stereocenters. The highest BCUT2D eigenvalue weighted by atomic mass is 32.2. The third-order valence-corrected chi connectivity index (χ3v) is 3.67. The van der Waals surface area contributed by atoms with Gasteiger partial charge in [0.1, 0.15) is 0 Å².